The van der Waals surface area contributed by atoms with Crippen molar-refractivity contribution < 1.29 is 12.3 Å². The third-order valence-electron chi connectivity index (χ3n) is 3.37. The van der Waals surface area contributed by atoms with E-state index >= 15 is 0 Å². The zero-order valence-electron chi connectivity index (χ0n) is 16.8. The normalized spacial score (nSPS) is 13.9. The number of benzene rings is 1. The maximum absolute atomic E-state index is 6.68. The number of hydrogen-bond donors (Lipinski definition) is 0. The average molecular weight is 399 g/mol. The summed E-state index contributed by atoms with van der Waals surface area (Å²) in [4.78, 5) is 0. The lowest BCUT2D eigenvalue weighted by Gasteiger charge is -2.40. The lowest BCUT2D eigenvalue weighted by molar-refractivity contribution is 0.332. The predicted molar refractivity (Wildman–Crippen MR) is 115 cm³/mol. The van der Waals surface area contributed by atoms with E-state index in [2.05, 4.69) is 83.7 Å². The molecule has 136 valence electrons. The van der Waals surface area contributed by atoms with Gasteiger partial charge >= 0.3 is 17.1 Å². The van der Waals surface area contributed by atoms with Crippen LogP contribution < -0.4 is 5.19 Å². The van der Waals surface area contributed by atoms with E-state index < -0.39 is 33.8 Å². The fraction of sp³-hybridized carbons (Fsp3) is 0.529. The van der Waals surface area contributed by atoms with Crippen LogP contribution in [0.25, 0.3) is 6.08 Å². The molecule has 0 aromatic heterocycles. The van der Waals surface area contributed by atoms with E-state index in [9.17, 15) is 0 Å². The second-order valence-electron chi connectivity index (χ2n) is 8.52. The average Bonchev–Trinajstić information content (AvgIpc) is 2.32. The van der Waals surface area contributed by atoms with Gasteiger partial charge in [0, 0.05) is 0 Å². The van der Waals surface area contributed by atoms with E-state index in [1.807, 2.05) is 12.1 Å². The molecule has 7 heteroatoms. The van der Waals surface area contributed by atoms with E-state index in [4.69, 9.17) is 12.3 Å². The highest BCUT2D eigenvalue weighted by atomic mass is 28.5. The number of rotatable bonds is 8. The van der Waals surface area contributed by atoms with Crippen molar-refractivity contribution in [2.75, 3.05) is 0 Å². The van der Waals surface area contributed by atoms with Crippen molar-refractivity contribution >= 4 is 45.0 Å². The van der Waals surface area contributed by atoms with Gasteiger partial charge in [-0.05, 0) is 69.7 Å². The molecule has 0 atom stereocenters. The van der Waals surface area contributed by atoms with Crippen molar-refractivity contribution in [2.24, 2.45) is 0 Å². The van der Waals surface area contributed by atoms with Gasteiger partial charge in [0.05, 0.1) is 0 Å². The lowest BCUT2D eigenvalue weighted by atomic mass is 10.2. The molecule has 0 spiro atoms. The Morgan fingerprint density at radius 2 is 1.25 bits per heavy atom. The van der Waals surface area contributed by atoms with Crippen LogP contribution in [0.5, 0.6) is 0 Å². The zero-order valence-corrected chi connectivity index (χ0v) is 20.8. The molecule has 0 fully saturated rings. The summed E-state index contributed by atoms with van der Waals surface area (Å²) in [6, 6.07) is 8.38. The first-order chi connectivity index (χ1) is 10.7. The molecule has 0 unspecified atom stereocenters. The molecule has 0 aliphatic carbocycles. The smallest absolute Gasteiger partial charge is 0.312 e. The van der Waals surface area contributed by atoms with Crippen LogP contribution in [0.1, 0.15) is 5.56 Å². The molecule has 3 nitrogen and oxygen atoms in total. The van der Waals surface area contributed by atoms with Crippen molar-refractivity contribution in [3.8, 4) is 0 Å². The summed E-state index contributed by atoms with van der Waals surface area (Å²) in [6.07, 6.45) is 1.91. The first kappa shape index (κ1) is 21.7. The third kappa shape index (κ3) is 6.91. The summed E-state index contributed by atoms with van der Waals surface area (Å²) in [5.41, 5.74) is 1.16. The Morgan fingerprint density at radius 3 is 1.75 bits per heavy atom. The van der Waals surface area contributed by atoms with Crippen LogP contribution in [0.15, 0.2) is 30.8 Å². The Balaban J connectivity index is 2.98. The largest absolute Gasteiger partial charge is 0.437 e. The van der Waals surface area contributed by atoms with Crippen LogP contribution in [0.2, 0.25) is 58.9 Å². The molecule has 1 aromatic rings. The molecular weight excluding hydrogens is 365 g/mol. The minimum Gasteiger partial charge on any atom is -0.437 e. The van der Waals surface area contributed by atoms with Crippen LogP contribution in [0.4, 0.5) is 0 Å². The molecular formula is C17H34O3Si4. The van der Waals surface area contributed by atoms with Crippen molar-refractivity contribution in [3.63, 3.8) is 0 Å². The molecule has 0 N–H and O–H groups in total. The maximum Gasteiger partial charge on any atom is 0.312 e. The van der Waals surface area contributed by atoms with Crippen molar-refractivity contribution in [1.29, 1.82) is 0 Å². The topological polar surface area (TPSA) is 27.7 Å². The predicted octanol–water partition coefficient (Wildman–Crippen LogP) is 5.03. The van der Waals surface area contributed by atoms with Crippen LogP contribution in [-0.4, -0.2) is 33.8 Å². The quantitative estimate of drug-likeness (QED) is 0.575. The molecule has 0 amide bonds. The highest BCUT2D eigenvalue weighted by molar-refractivity contribution is 6.93. The van der Waals surface area contributed by atoms with Crippen molar-refractivity contribution in [3.05, 3.63) is 36.4 Å². The van der Waals surface area contributed by atoms with E-state index in [0.29, 0.717) is 0 Å². The molecule has 1 rings (SSSR count). The monoisotopic (exact) mass is 398 g/mol. The van der Waals surface area contributed by atoms with Gasteiger partial charge < -0.3 is 12.3 Å². The van der Waals surface area contributed by atoms with Gasteiger partial charge in [0.2, 0.25) is 8.32 Å². The molecule has 0 aliphatic heterocycles. The van der Waals surface area contributed by atoms with Crippen LogP contribution in [-0.2, 0) is 12.3 Å². The van der Waals surface area contributed by atoms with Crippen LogP contribution >= 0.6 is 0 Å². The Labute approximate surface area is 152 Å². The van der Waals surface area contributed by atoms with Crippen LogP contribution in [0.3, 0.4) is 0 Å². The Bertz CT molecular complexity index is 577. The number of hydrogen-bond acceptors (Lipinski definition) is 3. The summed E-state index contributed by atoms with van der Waals surface area (Å²) in [6.45, 7) is 23.6. The van der Waals surface area contributed by atoms with E-state index in [1.54, 1.807) is 0 Å². The maximum atomic E-state index is 6.68. The van der Waals surface area contributed by atoms with Gasteiger partial charge in [-0.2, -0.15) is 0 Å². The highest BCUT2D eigenvalue weighted by Crippen LogP contribution is 2.24. The highest BCUT2D eigenvalue weighted by Gasteiger charge is 2.43. The van der Waals surface area contributed by atoms with Crippen molar-refractivity contribution in [2.45, 2.75) is 58.9 Å². The van der Waals surface area contributed by atoms with Gasteiger partial charge in [-0.1, -0.05) is 36.9 Å². The Morgan fingerprint density at radius 1 is 0.750 bits per heavy atom. The standard InChI is InChI=1S/C17H34O3Si4/c1-11-16-14-12-13-15-17(16)22(5,6)19-24(9,10)20-23(7,8)18-21(2,3)4/h11-15H,1H2,2-10H3. The lowest BCUT2D eigenvalue weighted by Crippen LogP contribution is -2.59. The van der Waals surface area contributed by atoms with Gasteiger partial charge in [0.1, 0.15) is 0 Å². The van der Waals surface area contributed by atoms with Crippen molar-refractivity contribution in [1.82, 2.24) is 0 Å². The summed E-state index contributed by atoms with van der Waals surface area (Å²) < 4.78 is 19.5. The Hall–Kier alpha value is -0.292. The first-order valence-electron chi connectivity index (χ1n) is 8.50. The minimum atomic E-state index is -2.31. The van der Waals surface area contributed by atoms with Gasteiger partial charge in [-0.3, -0.25) is 0 Å². The summed E-state index contributed by atoms with van der Waals surface area (Å²) in [7, 11) is -8.23. The molecule has 0 saturated carbocycles. The summed E-state index contributed by atoms with van der Waals surface area (Å²) in [5.74, 6) is 0. The zero-order chi connectivity index (χ0) is 18.8. The van der Waals surface area contributed by atoms with Gasteiger partial charge in [-0.25, -0.2) is 0 Å². The van der Waals surface area contributed by atoms with E-state index in [0.717, 1.165) is 5.56 Å². The Kier molecular flexibility index (Phi) is 6.82. The van der Waals surface area contributed by atoms with Gasteiger partial charge in [0.25, 0.3) is 0 Å². The molecule has 24 heavy (non-hydrogen) atoms. The molecule has 0 heterocycles. The SMILES string of the molecule is C=Cc1ccccc1[Si](C)(C)O[Si](C)(C)O[Si](C)(C)O[Si](C)(C)C. The van der Waals surface area contributed by atoms with Gasteiger partial charge in [-0.15, -0.1) is 0 Å². The third-order valence-corrected chi connectivity index (χ3v) is 17.5. The fourth-order valence-corrected chi connectivity index (χ4v) is 21.7. The second-order valence-corrected chi connectivity index (χ2v) is 24.4. The van der Waals surface area contributed by atoms with Gasteiger partial charge in [0.15, 0.2) is 8.32 Å². The summed E-state index contributed by atoms with van der Waals surface area (Å²) >= 11 is 0. The molecule has 1 aromatic carbocycles. The fourth-order valence-electron chi connectivity index (χ4n) is 3.26. The van der Waals surface area contributed by atoms with E-state index in [1.165, 1.54) is 5.19 Å². The van der Waals surface area contributed by atoms with Crippen LogP contribution in [0, 0.1) is 0 Å². The molecule has 0 aliphatic rings. The first-order valence-corrected chi connectivity index (χ1v) is 20.4. The van der Waals surface area contributed by atoms with E-state index in [-0.39, 0.29) is 0 Å². The molecule has 0 bridgehead atoms. The summed E-state index contributed by atoms with van der Waals surface area (Å²) in [5, 5.41) is 1.27. The second kappa shape index (κ2) is 7.53. The minimum absolute atomic E-state index is 1.16. The molecule has 0 radical (unpaired) electrons. The molecule has 0 saturated heterocycles.